The van der Waals surface area contributed by atoms with Crippen LogP contribution in [0.15, 0.2) is 16.9 Å². The lowest BCUT2D eigenvalue weighted by molar-refractivity contribution is -0.0215. The van der Waals surface area contributed by atoms with Crippen molar-refractivity contribution in [3.63, 3.8) is 0 Å². The zero-order valence-corrected chi connectivity index (χ0v) is 13.0. The molecule has 0 aliphatic heterocycles. The van der Waals surface area contributed by atoms with Gasteiger partial charge in [-0.15, -0.1) is 0 Å². The maximum absolute atomic E-state index is 12.0. The van der Waals surface area contributed by atoms with Crippen LogP contribution in [0.25, 0.3) is 5.65 Å². The minimum atomic E-state index is -0.676. The summed E-state index contributed by atoms with van der Waals surface area (Å²) >= 11 is 0. The molecule has 0 atom stereocenters. The summed E-state index contributed by atoms with van der Waals surface area (Å²) in [6, 6.07) is 3.50. The average molecular weight is 289 g/mol. The number of aliphatic hydroxyl groups is 1. The summed E-state index contributed by atoms with van der Waals surface area (Å²) in [6.07, 6.45) is 3.76. The molecule has 2 heterocycles. The van der Waals surface area contributed by atoms with Gasteiger partial charge in [-0.25, -0.2) is 0 Å². The molecule has 5 nitrogen and oxygen atoms in total. The Morgan fingerprint density at radius 3 is 2.67 bits per heavy atom. The van der Waals surface area contributed by atoms with Gasteiger partial charge >= 0.3 is 0 Å². The van der Waals surface area contributed by atoms with E-state index in [4.69, 9.17) is 0 Å². The zero-order chi connectivity index (χ0) is 15.2. The molecule has 2 aromatic heterocycles. The summed E-state index contributed by atoms with van der Waals surface area (Å²) in [5, 5.41) is 15.1. The molecule has 21 heavy (non-hydrogen) atoms. The van der Waals surface area contributed by atoms with Gasteiger partial charge in [0, 0.05) is 17.8 Å². The van der Waals surface area contributed by atoms with Crippen molar-refractivity contribution < 1.29 is 5.11 Å². The Bertz CT molecular complexity index is 721. The molecule has 1 fully saturated rings. The Morgan fingerprint density at radius 1 is 1.33 bits per heavy atom. The molecular weight excluding hydrogens is 266 g/mol. The monoisotopic (exact) mass is 289 g/mol. The average Bonchev–Trinajstić information content (AvgIpc) is 2.81. The number of rotatable bonds is 2. The topological polar surface area (TPSA) is 59.5 Å². The van der Waals surface area contributed by atoms with E-state index in [-0.39, 0.29) is 5.56 Å². The summed E-state index contributed by atoms with van der Waals surface area (Å²) in [6.45, 7) is 6.56. The summed E-state index contributed by atoms with van der Waals surface area (Å²) < 4.78 is 3.45. The maximum atomic E-state index is 12.0. The fraction of sp³-hybridized carbons (Fsp3) is 0.625. The summed E-state index contributed by atoms with van der Waals surface area (Å²) in [5.41, 5.74) is 1.67. The van der Waals surface area contributed by atoms with Crippen molar-refractivity contribution >= 4 is 5.65 Å². The highest BCUT2D eigenvalue weighted by atomic mass is 16.3. The molecule has 3 rings (SSSR count). The third-order valence-electron chi connectivity index (χ3n) is 4.71. The number of hydrogen-bond donors (Lipinski definition) is 1. The van der Waals surface area contributed by atoms with Gasteiger partial charge in [0.1, 0.15) is 5.65 Å². The molecule has 0 amide bonds. The van der Waals surface area contributed by atoms with Gasteiger partial charge in [-0.2, -0.15) is 9.61 Å². The smallest absolute Gasteiger partial charge is 0.274 e. The van der Waals surface area contributed by atoms with E-state index in [9.17, 15) is 9.90 Å². The summed E-state index contributed by atoms with van der Waals surface area (Å²) in [7, 11) is 0. The van der Waals surface area contributed by atoms with Crippen molar-refractivity contribution in [2.45, 2.75) is 58.6 Å². The van der Waals surface area contributed by atoms with Gasteiger partial charge in [-0.05, 0) is 45.4 Å². The van der Waals surface area contributed by atoms with E-state index in [2.05, 4.69) is 12.0 Å². The normalized spacial score (nSPS) is 26.4. The van der Waals surface area contributed by atoms with E-state index < -0.39 is 5.60 Å². The summed E-state index contributed by atoms with van der Waals surface area (Å²) in [4.78, 5) is 12.0. The number of hydrogen-bond acceptors (Lipinski definition) is 3. The van der Waals surface area contributed by atoms with Gasteiger partial charge in [-0.1, -0.05) is 6.92 Å². The van der Waals surface area contributed by atoms with Crippen molar-refractivity contribution in [2.24, 2.45) is 5.92 Å². The molecule has 5 heteroatoms. The number of aryl methyl sites for hydroxylation is 2. The van der Waals surface area contributed by atoms with Gasteiger partial charge in [0.15, 0.2) is 0 Å². The molecule has 1 aliphatic carbocycles. The van der Waals surface area contributed by atoms with Crippen LogP contribution in [0.2, 0.25) is 0 Å². The molecule has 0 saturated heterocycles. The van der Waals surface area contributed by atoms with E-state index in [1.165, 1.54) is 4.52 Å². The van der Waals surface area contributed by atoms with E-state index in [0.29, 0.717) is 12.5 Å². The number of fused-ring (bicyclic) bond motifs is 1. The maximum Gasteiger partial charge on any atom is 0.274 e. The lowest BCUT2D eigenvalue weighted by Gasteiger charge is -2.36. The van der Waals surface area contributed by atoms with E-state index in [1.54, 1.807) is 6.07 Å². The highest BCUT2D eigenvalue weighted by Crippen LogP contribution is 2.33. The Kier molecular flexibility index (Phi) is 3.40. The van der Waals surface area contributed by atoms with Crippen LogP contribution in [0.4, 0.5) is 0 Å². The molecule has 1 saturated carbocycles. The summed E-state index contributed by atoms with van der Waals surface area (Å²) in [5.74, 6) is 0.692. The van der Waals surface area contributed by atoms with E-state index >= 15 is 0 Å². The predicted octanol–water partition coefficient (Wildman–Crippen LogP) is 2.05. The standard InChI is InChI=1S/C16H23N3O2/c1-11-4-6-16(21,7-5-11)10-18-13(3)9-15(20)19-14(18)8-12(2)17-19/h8-9,11,21H,4-7,10H2,1-3H3. The van der Waals surface area contributed by atoms with Crippen molar-refractivity contribution in [1.29, 1.82) is 0 Å². The fourth-order valence-electron chi connectivity index (χ4n) is 3.30. The molecule has 0 spiro atoms. The largest absolute Gasteiger partial charge is 0.388 e. The Morgan fingerprint density at radius 2 is 2.00 bits per heavy atom. The third kappa shape index (κ3) is 2.62. The SMILES string of the molecule is Cc1cc2n(CC3(O)CCC(C)CC3)c(C)cc(=O)n2n1. The molecule has 1 aliphatic rings. The first-order valence-electron chi connectivity index (χ1n) is 7.67. The number of nitrogens with zero attached hydrogens (tertiary/aromatic N) is 3. The predicted molar refractivity (Wildman–Crippen MR) is 81.5 cm³/mol. The minimum Gasteiger partial charge on any atom is -0.388 e. The molecule has 0 aromatic carbocycles. The van der Waals surface area contributed by atoms with Crippen LogP contribution in [0, 0.1) is 19.8 Å². The van der Waals surface area contributed by atoms with Crippen molar-refractivity contribution in [1.82, 2.24) is 14.2 Å². The molecular formula is C16H23N3O2. The van der Waals surface area contributed by atoms with Gasteiger partial charge in [0.2, 0.25) is 0 Å². The molecule has 114 valence electrons. The zero-order valence-electron chi connectivity index (χ0n) is 13.0. The number of aromatic nitrogens is 3. The van der Waals surface area contributed by atoms with Crippen molar-refractivity contribution in [3.05, 3.63) is 33.9 Å². The second kappa shape index (κ2) is 4.98. The molecule has 1 N–H and O–H groups in total. The molecule has 0 radical (unpaired) electrons. The first-order valence-corrected chi connectivity index (χ1v) is 7.67. The lowest BCUT2D eigenvalue weighted by Crippen LogP contribution is -2.39. The van der Waals surface area contributed by atoms with Crippen LogP contribution < -0.4 is 5.56 Å². The highest BCUT2D eigenvalue weighted by Gasteiger charge is 2.32. The fourth-order valence-corrected chi connectivity index (χ4v) is 3.30. The lowest BCUT2D eigenvalue weighted by atomic mass is 9.79. The minimum absolute atomic E-state index is 0.115. The second-order valence-electron chi connectivity index (χ2n) is 6.67. The van der Waals surface area contributed by atoms with Gasteiger partial charge in [0.05, 0.1) is 17.8 Å². The van der Waals surface area contributed by atoms with E-state index in [0.717, 1.165) is 42.7 Å². The van der Waals surface area contributed by atoms with Crippen LogP contribution in [-0.4, -0.2) is 24.9 Å². The molecule has 0 bridgehead atoms. The third-order valence-corrected chi connectivity index (χ3v) is 4.71. The van der Waals surface area contributed by atoms with Crippen LogP contribution in [-0.2, 0) is 6.54 Å². The first-order chi connectivity index (χ1) is 9.88. The quantitative estimate of drug-likeness (QED) is 0.920. The van der Waals surface area contributed by atoms with Crippen LogP contribution in [0.5, 0.6) is 0 Å². The van der Waals surface area contributed by atoms with Gasteiger partial charge in [0.25, 0.3) is 5.56 Å². The van der Waals surface area contributed by atoms with E-state index in [1.807, 2.05) is 24.5 Å². The van der Waals surface area contributed by atoms with Crippen LogP contribution in [0.3, 0.4) is 0 Å². The van der Waals surface area contributed by atoms with Crippen molar-refractivity contribution in [2.75, 3.05) is 0 Å². The molecule has 0 unspecified atom stereocenters. The van der Waals surface area contributed by atoms with Gasteiger partial charge < -0.3 is 9.67 Å². The van der Waals surface area contributed by atoms with Gasteiger partial charge in [-0.3, -0.25) is 4.79 Å². The van der Waals surface area contributed by atoms with Crippen LogP contribution in [0.1, 0.15) is 44.0 Å². The Hall–Kier alpha value is -1.62. The Balaban J connectivity index is 2.02. The van der Waals surface area contributed by atoms with Crippen LogP contribution >= 0.6 is 0 Å². The highest BCUT2D eigenvalue weighted by molar-refractivity contribution is 5.41. The van der Waals surface area contributed by atoms with Crippen molar-refractivity contribution in [3.8, 4) is 0 Å². The second-order valence-corrected chi connectivity index (χ2v) is 6.67. The molecule has 2 aromatic rings. The Labute approximate surface area is 124 Å². The first kappa shape index (κ1) is 14.3.